The molecule has 0 fully saturated rings. The summed E-state index contributed by atoms with van der Waals surface area (Å²) in [6.45, 7) is 4.98. The molecule has 0 unspecified atom stereocenters. The molecule has 0 aromatic heterocycles. The van der Waals surface area contributed by atoms with E-state index < -0.39 is 48.3 Å². The van der Waals surface area contributed by atoms with Gasteiger partial charge in [0.1, 0.15) is 30.5 Å². The quantitative estimate of drug-likeness (QED) is 0.419. The van der Waals surface area contributed by atoms with Gasteiger partial charge in [0, 0.05) is 6.42 Å². The van der Waals surface area contributed by atoms with E-state index in [9.17, 15) is 19.2 Å². The predicted octanol–water partition coefficient (Wildman–Crippen LogP) is 2.15. The van der Waals surface area contributed by atoms with Crippen LogP contribution in [0.3, 0.4) is 0 Å². The minimum absolute atomic E-state index is 0.0165. The molecule has 0 saturated heterocycles. The van der Waals surface area contributed by atoms with Crippen LogP contribution in [0.4, 0.5) is 4.79 Å². The number of benzene rings is 1. The average Bonchev–Trinajstić information content (AvgIpc) is 2.58. The molecule has 0 aliphatic rings. The van der Waals surface area contributed by atoms with Crippen molar-refractivity contribution in [2.24, 2.45) is 0 Å². The van der Waals surface area contributed by atoms with E-state index in [1.807, 2.05) is 6.07 Å². The highest BCUT2D eigenvalue weighted by Crippen LogP contribution is 2.09. The summed E-state index contributed by atoms with van der Waals surface area (Å²) in [5.41, 5.74) is -0.0266. The third kappa shape index (κ3) is 9.39. The molecule has 1 aromatic carbocycles. The number of methoxy groups -OCH3 is 1. The average molecular weight is 379 g/mol. The maximum Gasteiger partial charge on any atom is 0.408 e. The first-order valence-electron chi connectivity index (χ1n) is 8.39. The molecule has 1 N–H and O–H groups in total. The maximum absolute atomic E-state index is 12.3. The summed E-state index contributed by atoms with van der Waals surface area (Å²) in [5.74, 6) is -2.10. The van der Waals surface area contributed by atoms with Gasteiger partial charge in [0.05, 0.1) is 7.11 Å². The van der Waals surface area contributed by atoms with E-state index in [-0.39, 0.29) is 6.61 Å². The Morgan fingerprint density at radius 3 is 2.26 bits per heavy atom. The van der Waals surface area contributed by atoms with Gasteiger partial charge in [-0.15, -0.1) is 0 Å². The number of esters is 2. The maximum atomic E-state index is 12.3. The number of nitrogens with one attached hydrogen (secondary N) is 1. The number of hydrogen-bond acceptors (Lipinski definition) is 7. The lowest BCUT2D eigenvalue weighted by Gasteiger charge is -2.22. The summed E-state index contributed by atoms with van der Waals surface area (Å²) < 4.78 is 14.7. The Hall–Kier alpha value is -2.90. The Labute approximate surface area is 158 Å². The normalized spacial score (nSPS) is 11.9. The van der Waals surface area contributed by atoms with Crippen molar-refractivity contribution in [1.82, 2.24) is 5.32 Å². The van der Waals surface area contributed by atoms with Crippen molar-refractivity contribution in [1.29, 1.82) is 0 Å². The Morgan fingerprint density at radius 2 is 1.70 bits per heavy atom. The highest BCUT2D eigenvalue weighted by molar-refractivity contribution is 5.98. The lowest BCUT2D eigenvalue weighted by molar-refractivity contribution is -0.150. The number of carbonyl (C=O) groups is 4. The van der Waals surface area contributed by atoms with Crippen molar-refractivity contribution in [3.63, 3.8) is 0 Å². The number of ketones is 1. The van der Waals surface area contributed by atoms with E-state index in [0.717, 1.165) is 12.7 Å². The van der Waals surface area contributed by atoms with Crippen LogP contribution in [0.5, 0.6) is 0 Å². The number of alkyl carbamates (subject to hydrolysis) is 1. The summed E-state index contributed by atoms with van der Waals surface area (Å²) in [5, 5.41) is 2.32. The van der Waals surface area contributed by atoms with Crippen LogP contribution in [0.25, 0.3) is 0 Å². The minimum Gasteiger partial charge on any atom is -0.469 e. The number of hydrogen-bond donors (Lipinski definition) is 1. The van der Waals surface area contributed by atoms with Crippen LogP contribution in [0, 0.1) is 0 Å². The van der Waals surface area contributed by atoms with Crippen molar-refractivity contribution in [2.75, 3.05) is 7.11 Å². The predicted molar refractivity (Wildman–Crippen MR) is 95.7 cm³/mol. The molecule has 8 heteroatoms. The van der Waals surface area contributed by atoms with E-state index in [4.69, 9.17) is 9.47 Å². The Morgan fingerprint density at radius 1 is 1.07 bits per heavy atom. The number of amides is 1. The van der Waals surface area contributed by atoms with E-state index in [2.05, 4.69) is 10.1 Å². The van der Waals surface area contributed by atoms with Gasteiger partial charge < -0.3 is 19.5 Å². The molecular formula is C19H25NO7. The largest absolute Gasteiger partial charge is 0.469 e. The zero-order chi connectivity index (χ0) is 20.4. The van der Waals surface area contributed by atoms with Gasteiger partial charge in [0.25, 0.3) is 0 Å². The van der Waals surface area contributed by atoms with E-state index in [0.29, 0.717) is 0 Å². The molecule has 0 heterocycles. The van der Waals surface area contributed by atoms with Crippen LogP contribution in [0.2, 0.25) is 0 Å². The topological polar surface area (TPSA) is 108 Å². The van der Waals surface area contributed by atoms with Crippen molar-refractivity contribution in [3.05, 3.63) is 35.9 Å². The fourth-order valence-electron chi connectivity index (χ4n) is 2.01. The number of ether oxygens (including phenoxy) is 3. The molecule has 0 aliphatic carbocycles. The van der Waals surface area contributed by atoms with Crippen LogP contribution in [-0.2, 0) is 35.2 Å². The zero-order valence-electron chi connectivity index (χ0n) is 15.9. The molecule has 1 amide bonds. The minimum atomic E-state index is -1.28. The van der Waals surface area contributed by atoms with Gasteiger partial charge >= 0.3 is 18.0 Å². The molecule has 1 aromatic rings. The van der Waals surface area contributed by atoms with Gasteiger partial charge in [-0.25, -0.2) is 9.59 Å². The van der Waals surface area contributed by atoms with Crippen LogP contribution in [-0.4, -0.2) is 42.6 Å². The first-order valence-corrected chi connectivity index (χ1v) is 8.39. The Balaban J connectivity index is 2.75. The molecular weight excluding hydrogens is 354 g/mol. The Kier molecular flexibility index (Phi) is 8.44. The second kappa shape index (κ2) is 10.3. The van der Waals surface area contributed by atoms with Crippen LogP contribution in [0.1, 0.15) is 39.2 Å². The van der Waals surface area contributed by atoms with E-state index in [1.165, 1.54) is 0 Å². The number of Topliss-reactive ketones (excluding diaryl/α,β-unsaturated/α-hetero) is 1. The van der Waals surface area contributed by atoms with Crippen molar-refractivity contribution in [3.8, 4) is 0 Å². The van der Waals surface area contributed by atoms with Gasteiger partial charge in [-0.1, -0.05) is 30.3 Å². The molecule has 1 rings (SSSR count). The molecule has 1 atom stereocenters. The summed E-state index contributed by atoms with van der Waals surface area (Å²) in [4.78, 5) is 47.5. The van der Waals surface area contributed by atoms with Crippen LogP contribution >= 0.6 is 0 Å². The van der Waals surface area contributed by atoms with Crippen molar-refractivity contribution < 1.29 is 33.4 Å². The molecule has 0 saturated carbocycles. The molecule has 0 spiro atoms. The molecule has 27 heavy (non-hydrogen) atoms. The standard InChI is InChI=1S/C19H25NO7/c1-19(2,3)27-18(24)20-15(10-14(21)11-16(22)25-4)17(23)26-12-13-8-6-5-7-9-13/h5-9,15H,10-12H2,1-4H3,(H,20,24)/t15-/m0/s1. The van der Waals surface area contributed by atoms with Crippen LogP contribution in [0.15, 0.2) is 30.3 Å². The first kappa shape index (κ1) is 22.1. The van der Waals surface area contributed by atoms with Gasteiger partial charge in [-0.3, -0.25) is 9.59 Å². The van der Waals surface area contributed by atoms with Gasteiger partial charge in [0.2, 0.25) is 0 Å². The molecule has 0 bridgehead atoms. The lowest BCUT2D eigenvalue weighted by Crippen LogP contribution is -2.45. The molecule has 0 aliphatic heterocycles. The second-order valence-corrected chi connectivity index (χ2v) is 6.79. The highest BCUT2D eigenvalue weighted by Gasteiger charge is 2.28. The third-order valence-electron chi connectivity index (χ3n) is 3.20. The van der Waals surface area contributed by atoms with Gasteiger partial charge in [-0.2, -0.15) is 0 Å². The summed E-state index contributed by atoms with van der Waals surface area (Å²) in [6, 6.07) is 7.67. The number of carbonyl (C=O) groups excluding carboxylic acids is 4. The fourth-order valence-corrected chi connectivity index (χ4v) is 2.01. The van der Waals surface area contributed by atoms with E-state index >= 15 is 0 Å². The lowest BCUT2D eigenvalue weighted by atomic mass is 10.1. The summed E-state index contributed by atoms with van der Waals surface area (Å²) in [6.07, 6.45) is -1.79. The number of rotatable bonds is 8. The fraction of sp³-hybridized carbons (Fsp3) is 0.474. The highest BCUT2D eigenvalue weighted by atomic mass is 16.6. The zero-order valence-corrected chi connectivity index (χ0v) is 15.9. The van der Waals surface area contributed by atoms with Gasteiger partial charge in [-0.05, 0) is 26.3 Å². The summed E-state index contributed by atoms with van der Waals surface area (Å²) >= 11 is 0. The SMILES string of the molecule is COC(=O)CC(=O)C[C@H](NC(=O)OC(C)(C)C)C(=O)OCc1ccccc1. The van der Waals surface area contributed by atoms with Crippen LogP contribution < -0.4 is 5.32 Å². The van der Waals surface area contributed by atoms with E-state index in [1.54, 1.807) is 45.0 Å². The van der Waals surface area contributed by atoms with Gasteiger partial charge in [0.15, 0.2) is 0 Å². The molecule has 0 radical (unpaired) electrons. The Bertz CT molecular complexity index is 664. The smallest absolute Gasteiger partial charge is 0.408 e. The first-order chi connectivity index (χ1) is 12.6. The van der Waals surface area contributed by atoms with Crippen molar-refractivity contribution >= 4 is 23.8 Å². The monoisotopic (exact) mass is 379 g/mol. The summed E-state index contributed by atoms with van der Waals surface area (Å²) in [7, 11) is 1.15. The third-order valence-corrected chi connectivity index (χ3v) is 3.20. The molecule has 148 valence electrons. The molecule has 8 nitrogen and oxygen atoms in total. The second-order valence-electron chi connectivity index (χ2n) is 6.79. The van der Waals surface area contributed by atoms with Crippen molar-refractivity contribution in [2.45, 2.75) is 51.9 Å².